The molecule has 1 unspecified atom stereocenters. The SMILES string of the molecule is COc1cc(-n2ccc(OCc3ccc(F)cc3)cc2=O)ccc1OCC(C)(O)CO. The van der Waals surface area contributed by atoms with Gasteiger partial charge in [-0.2, -0.15) is 0 Å². The van der Waals surface area contributed by atoms with E-state index in [-0.39, 0.29) is 24.6 Å². The minimum atomic E-state index is -1.38. The topological polar surface area (TPSA) is 90.2 Å². The smallest absolute Gasteiger partial charge is 0.258 e. The van der Waals surface area contributed by atoms with Crippen LogP contribution < -0.4 is 19.8 Å². The Labute approximate surface area is 178 Å². The fourth-order valence-electron chi connectivity index (χ4n) is 2.72. The first-order chi connectivity index (χ1) is 14.8. The van der Waals surface area contributed by atoms with Crippen LogP contribution in [-0.2, 0) is 6.61 Å². The van der Waals surface area contributed by atoms with E-state index in [9.17, 15) is 14.3 Å². The van der Waals surface area contributed by atoms with Crippen molar-refractivity contribution in [3.8, 4) is 22.9 Å². The van der Waals surface area contributed by atoms with Crippen molar-refractivity contribution in [2.75, 3.05) is 20.3 Å². The standard InChI is InChI=1S/C23H24FNO6/c1-23(28,14-26)15-31-20-8-7-18(11-21(20)29-2)25-10-9-19(12-22(25)27)30-13-16-3-5-17(24)6-4-16/h3-12,26,28H,13-15H2,1-2H3. The number of aliphatic hydroxyl groups is 2. The van der Waals surface area contributed by atoms with Gasteiger partial charge in [0.15, 0.2) is 11.5 Å². The number of nitrogens with zero attached hydrogens (tertiary/aromatic N) is 1. The van der Waals surface area contributed by atoms with E-state index in [0.29, 0.717) is 22.9 Å². The van der Waals surface area contributed by atoms with E-state index in [4.69, 9.17) is 19.3 Å². The molecular weight excluding hydrogens is 405 g/mol. The first-order valence-corrected chi connectivity index (χ1v) is 9.56. The largest absolute Gasteiger partial charge is 0.493 e. The van der Waals surface area contributed by atoms with Gasteiger partial charge >= 0.3 is 0 Å². The van der Waals surface area contributed by atoms with Crippen molar-refractivity contribution in [1.29, 1.82) is 0 Å². The van der Waals surface area contributed by atoms with Crippen LogP contribution in [-0.4, -0.2) is 40.7 Å². The fourth-order valence-corrected chi connectivity index (χ4v) is 2.72. The summed E-state index contributed by atoms with van der Waals surface area (Å²) in [6.07, 6.45) is 1.58. The Morgan fingerprint density at radius 2 is 1.77 bits per heavy atom. The zero-order valence-corrected chi connectivity index (χ0v) is 17.2. The van der Waals surface area contributed by atoms with E-state index in [1.165, 1.54) is 36.8 Å². The second kappa shape index (κ2) is 9.63. The van der Waals surface area contributed by atoms with E-state index in [0.717, 1.165) is 5.56 Å². The Balaban J connectivity index is 1.74. The zero-order valence-electron chi connectivity index (χ0n) is 17.2. The first kappa shape index (κ1) is 22.3. The highest BCUT2D eigenvalue weighted by Crippen LogP contribution is 2.30. The fraction of sp³-hybridized carbons (Fsp3) is 0.261. The number of halogens is 1. The van der Waals surface area contributed by atoms with Gasteiger partial charge in [0.2, 0.25) is 0 Å². The zero-order chi connectivity index (χ0) is 22.4. The molecule has 0 spiro atoms. The average Bonchev–Trinajstić information content (AvgIpc) is 2.77. The van der Waals surface area contributed by atoms with E-state index in [1.807, 2.05) is 0 Å². The molecule has 0 saturated heterocycles. The lowest BCUT2D eigenvalue weighted by Crippen LogP contribution is -2.36. The van der Waals surface area contributed by atoms with Crippen LogP contribution in [0.1, 0.15) is 12.5 Å². The quantitative estimate of drug-likeness (QED) is 0.544. The summed E-state index contributed by atoms with van der Waals surface area (Å²) in [7, 11) is 1.46. The number of aromatic nitrogens is 1. The molecule has 3 rings (SSSR count). The van der Waals surface area contributed by atoms with E-state index in [1.54, 1.807) is 42.6 Å². The Kier molecular flexibility index (Phi) is 6.94. The van der Waals surface area contributed by atoms with Gasteiger partial charge in [-0.1, -0.05) is 12.1 Å². The number of benzene rings is 2. The molecule has 8 heteroatoms. The van der Waals surface area contributed by atoms with Crippen LogP contribution >= 0.6 is 0 Å². The van der Waals surface area contributed by atoms with Crippen LogP contribution in [0.5, 0.6) is 17.2 Å². The molecule has 0 amide bonds. The number of hydrogen-bond donors (Lipinski definition) is 2. The maximum atomic E-state index is 13.0. The number of ether oxygens (including phenoxy) is 3. The lowest BCUT2D eigenvalue weighted by atomic mass is 10.1. The van der Waals surface area contributed by atoms with Crippen molar-refractivity contribution in [3.63, 3.8) is 0 Å². The minimum Gasteiger partial charge on any atom is -0.493 e. The Morgan fingerprint density at radius 3 is 2.42 bits per heavy atom. The van der Waals surface area contributed by atoms with E-state index in [2.05, 4.69) is 0 Å². The van der Waals surface area contributed by atoms with Crippen LogP contribution in [0.3, 0.4) is 0 Å². The molecule has 0 saturated carbocycles. The highest BCUT2D eigenvalue weighted by atomic mass is 19.1. The highest BCUT2D eigenvalue weighted by molar-refractivity contribution is 5.49. The maximum Gasteiger partial charge on any atom is 0.258 e. The van der Waals surface area contributed by atoms with Gasteiger partial charge in [0.05, 0.1) is 19.4 Å². The third-order valence-corrected chi connectivity index (χ3v) is 4.51. The summed E-state index contributed by atoms with van der Waals surface area (Å²) in [6, 6.07) is 13.9. The molecular formula is C23H24FNO6. The number of methoxy groups -OCH3 is 1. The van der Waals surface area contributed by atoms with E-state index >= 15 is 0 Å². The molecule has 0 aliphatic rings. The van der Waals surface area contributed by atoms with Gasteiger partial charge in [-0.25, -0.2) is 4.39 Å². The Bertz CT molecular complexity index is 1080. The second-order valence-electron chi connectivity index (χ2n) is 7.26. The summed E-state index contributed by atoms with van der Waals surface area (Å²) >= 11 is 0. The van der Waals surface area contributed by atoms with Crippen molar-refractivity contribution >= 4 is 0 Å². The van der Waals surface area contributed by atoms with Crippen LogP contribution in [0.25, 0.3) is 5.69 Å². The van der Waals surface area contributed by atoms with Crippen molar-refractivity contribution in [3.05, 3.63) is 82.5 Å². The minimum absolute atomic E-state index is 0.126. The normalized spacial score (nSPS) is 12.8. The Morgan fingerprint density at radius 1 is 1.03 bits per heavy atom. The van der Waals surface area contributed by atoms with Gasteiger partial charge in [-0.15, -0.1) is 0 Å². The maximum absolute atomic E-state index is 13.0. The van der Waals surface area contributed by atoms with E-state index < -0.39 is 12.2 Å². The van der Waals surface area contributed by atoms with Gasteiger partial charge in [0.25, 0.3) is 5.56 Å². The Hall–Kier alpha value is -3.36. The van der Waals surface area contributed by atoms with Gasteiger partial charge in [-0.3, -0.25) is 9.36 Å². The molecule has 1 heterocycles. The van der Waals surface area contributed by atoms with Crippen molar-refractivity contribution in [2.24, 2.45) is 0 Å². The molecule has 31 heavy (non-hydrogen) atoms. The molecule has 2 N–H and O–H groups in total. The predicted octanol–water partition coefficient (Wildman–Crippen LogP) is 2.69. The van der Waals surface area contributed by atoms with Crippen LogP contribution in [0.2, 0.25) is 0 Å². The number of rotatable bonds is 9. The monoisotopic (exact) mass is 429 g/mol. The molecule has 2 aromatic carbocycles. The first-order valence-electron chi connectivity index (χ1n) is 9.56. The molecule has 7 nitrogen and oxygen atoms in total. The lowest BCUT2D eigenvalue weighted by molar-refractivity contribution is -0.0329. The van der Waals surface area contributed by atoms with Gasteiger partial charge in [-0.05, 0) is 42.8 Å². The highest BCUT2D eigenvalue weighted by Gasteiger charge is 2.21. The molecule has 0 fully saturated rings. The summed E-state index contributed by atoms with van der Waals surface area (Å²) in [5, 5.41) is 19.0. The third-order valence-electron chi connectivity index (χ3n) is 4.51. The molecule has 0 radical (unpaired) electrons. The number of hydrogen-bond acceptors (Lipinski definition) is 6. The number of pyridine rings is 1. The lowest BCUT2D eigenvalue weighted by Gasteiger charge is -2.21. The van der Waals surface area contributed by atoms with Crippen molar-refractivity contribution in [2.45, 2.75) is 19.1 Å². The summed E-state index contributed by atoms with van der Waals surface area (Å²) in [5.74, 6) is 0.808. The van der Waals surface area contributed by atoms with Gasteiger partial charge in [0.1, 0.15) is 30.4 Å². The average molecular weight is 429 g/mol. The van der Waals surface area contributed by atoms with Crippen molar-refractivity contribution in [1.82, 2.24) is 4.57 Å². The van der Waals surface area contributed by atoms with Gasteiger partial charge < -0.3 is 24.4 Å². The summed E-state index contributed by atoms with van der Waals surface area (Å²) in [6.45, 7) is 1.09. The molecule has 1 aromatic heterocycles. The predicted molar refractivity (Wildman–Crippen MR) is 113 cm³/mol. The van der Waals surface area contributed by atoms with Gasteiger partial charge in [0, 0.05) is 18.3 Å². The molecule has 1 atom stereocenters. The molecule has 0 aliphatic carbocycles. The molecule has 0 bridgehead atoms. The van der Waals surface area contributed by atoms with Crippen molar-refractivity contribution < 1.29 is 28.8 Å². The van der Waals surface area contributed by atoms with Crippen LogP contribution in [0, 0.1) is 5.82 Å². The number of aliphatic hydroxyl groups excluding tert-OH is 1. The summed E-state index contributed by atoms with van der Waals surface area (Å²) < 4.78 is 30.9. The summed E-state index contributed by atoms with van der Waals surface area (Å²) in [4.78, 5) is 12.6. The van der Waals surface area contributed by atoms with Crippen LogP contribution in [0.4, 0.5) is 4.39 Å². The molecule has 3 aromatic rings. The second-order valence-corrected chi connectivity index (χ2v) is 7.26. The third kappa shape index (κ3) is 5.84. The summed E-state index contributed by atoms with van der Waals surface area (Å²) in [5.41, 5.74) is -0.362. The van der Waals surface area contributed by atoms with Crippen LogP contribution in [0.15, 0.2) is 65.6 Å². The molecule has 0 aliphatic heterocycles. The molecule has 164 valence electrons.